The first-order chi connectivity index (χ1) is 9.58. The van der Waals surface area contributed by atoms with E-state index in [4.69, 9.17) is 0 Å². The Balaban J connectivity index is 2.42. The summed E-state index contributed by atoms with van der Waals surface area (Å²) in [5.74, 6) is 0.245. The molecule has 0 heterocycles. The van der Waals surface area contributed by atoms with Crippen LogP contribution in [-0.2, 0) is 4.79 Å². The number of nitrogens with one attached hydrogen (secondary N) is 1. The Morgan fingerprint density at radius 3 is 2.45 bits per heavy atom. The molecule has 0 aliphatic heterocycles. The van der Waals surface area contributed by atoms with Gasteiger partial charge in [0.1, 0.15) is 0 Å². The standard InChI is InChI=1S/C16H25BrN2O/c1-4-10-19(11-5-2)16(20)8-9-18-14-6-7-15(17)13(3)12-14/h6-7,12,18H,4-5,8-11H2,1-3H3. The van der Waals surface area contributed by atoms with Gasteiger partial charge in [-0.1, -0.05) is 29.8 Å². The van der Waals surface area contributed by atoms with Crippen LogP contribution in [0.15, 0.2) is 22.7 Å². The largest absolute Gasteiger partial charge is 0.385 e. The summed E-state index contributed by atoms with van der Waals surface area (Å²) in [5.41, 5.74) is 2.26. The molecule has 1 aromatic carbocycles. The van der Waals surface area contributed by atoms with Crippen molar-refractivity contribution in [3.8, 4) is 0 Å². The Hall–Kier alpha value is -1.03. The monoisotopic (exact) mass is 340 g/mol. The van der Waals surface area contributed by atoms with Gasteiger partial charge in [-0.3, -0.25) is 4.79 Å². The molecule has 1 amide bonds. The van der Waals surface area contributed by atoms with Gasteiger partial charge in [-0.2, -0.15) is 0 Å². The maximum absolute atomic E-state index is 12.1. The molecule has 0 aliphatic carbocycles. The lowest BCUT2D eigenvalue weighted by atomic mass is 10.2. The molecule has 3 nitrogen and oxygen atoms in total. The van der Waals surface area contributed by atoms with Crippen LogP contribution in [0.2, 0.25) is 0 Å². The number of hydrogen-bond donors (Lipinski definition) is 1. The number of halogens is 1. The highest BCUT2D eigenvalue weighted by molar-refractivity contribution is 9.10. The molecule has 1 aromatic rings. The van der Waals surface area contributed by atoms with Crippen molar-refractivity contribution in [2.75, 3.05) is 25.0 Å². The minimum Gasteiger partial charge on any atom is -0.385 e. The van der Waals surface area contributed by atoms with Crippen LogP contribution in [-0.4, -0.2) is 30.4 Å². The van der Waals surface area contributed by atoms with Gasteiger partial charge in [0.2, 0.25) is 5.91 Å². The molecule has 112 valence electrons. The average molecular weight is 341 g/mol. The van der Waals surface area contributed by atoms with Crippen molar-refractivity contribution < 1.29 is 4.79 Å². The molecular formula is C16H25BrN2O. The summed E-state index contributed by atoms with van der Waals surface area (Å²) in [4.78, 5) is 14.1. The van der Waals surface area contributed by atoms with Crippen LogP contribution in [0, 0.1) is 6.92 Å². The number of carbonyl (C=O) groups is 1. The summed E-state index contributed by atoms with van der Waals surface area (Å²) in [6.45, 7) is 8.69. The van der Waals surface area contributed by atoms with E-state index in [1.165, 1.54) is 5.56 Å². The molecule has 0 fully saturated rings. The topological polar surface area (TPSA) is 32.3 Å². The maximum atomic E-state index is 12.1. The van der Waals surface area contributed by atoms with E-state index in [1.807, 2.05) is 17.0 Å². The summed E-state index contributed by atoms with van der Waals surface area (Å²) in [7, 11) is 0. The molecule has 0 aromatic heterocycles. The van der Waals surface area contributed by atoms with Crippen LogP contribution in [0.1, 0.15) is 38.7 Å². The van der Waals surface area contributed by atoms with Gasteiger partial charge in [0, 0.05) is 36.2 Å². The summed E-state index contributed by atoms with van der Waals surface area (Å²) in [6, 6.07) is 6.14. The predicted molar refractivity (Wildman–Crippen MR) is 89.1 cm³/mol. The van der Waals surface area contributed by atoms with Crippen LogP contribution in [0.5, 0.6) is 0 Å². The Bertz CT molecular complexity index is 428. The summed E-state index contributed by atoms with van der Waals surface area (Å²) >= 11 is 3.49. The summed E-state index contributed by atoms with van der Waals surface area (Å²) < 4.78 is 1.11. The van der Waals surface area contributed by atoms with E-state index >= 15 is 0 Å². The molecule has 0 spiro atoms. The van der Waals surface area contributed by atoms with Gasteiger partial charge in [-0.25, -0.2) is 0 Å². The molecular weight excluding hydrogens is 316 g/mol. The van der Waals surface area contributed by atoms with Crippen molar-refractivity contribution in [2.45, 2.75) is 40.0 Å². The SMILES string of the molecule is CCCN(CCC)C(=O)CCNc1ccc(Br)c(C)c1. The highest BCUT2D eigenvalue weighted by Gasteiger charge is 2.10. The number of amides is 1. The fourth-order valence-electron chi connectivity index (χ4n) is 2.13. The Kier molecular flexibility index (Phi) is 7.67. The van der Waals surface area contributed by atoms with E-state index in [2.05, 4.69) is 48.1 Å². The number of aryl methyl sites for hydroxylation is 1. The van der Waals surface area contributed by atoms with E-state index in [0.29, 0.717) is 13.0 Å². The van der Waals surface area contributed by atoms with E-state index in [9.17, 15) is 4.79 Å². The minimum atomic E-state index is 0.245. The van der Waals surface area contributed by atoms with Gasteiger partial charge in [0.25, 0.3) is 0 Å². The lowest BCUT2D eigenvalue weighted by Crippen LogP contribution is -2.33. The van der Waals surface area contributed by atoms with Crippen molar-refractivity contribution in [3.63, 3.8) is 0 Å². The van der Waals surface area contributed by atoms with E-state index in [-0.39, 0.29) is 5.91 Å². The van der Waals surface area contributed by atoms with Gasteiger partial charge >= 0.3 is 0 Å². The first-order valence-corrected chi connectivity index (χ1v) is 8.15. The van der Waals surface area contributed by atoms with Gasteiger partial charge in [-0.15, -0.1) is 0 Å². The molecule has 0 radical (unpaired) electrons. The average Bonchev–Trinajstić information content (AvgIpc) is 2.42. The smallest absolute Gasteiger partial charge is 0.224 e. The third-order valence-electron chi connectivity index (χ3n) is 3.17. The zero-order valence-electron chi connectivity index (χ0n) is 12.7. The predicted octanol–water partition coefficient (Wildman–Crippen LogP) is 4.21. The van der Waals surface area contributed by atoms with Crippen LogP contribution >= 0.6 is 15.9 Å². The lowest BCUT2D eigenvalue weighted by molar-refractivity contribution is -0.131. The highest BCUT2D eigenvalue weighted by atomic mass is 79.9. The molecule has 0 aliphatic rings. The second-order valence-electron chi connectivity index (χ2n) is 5.02. The maximum Gasteiger partial charge on any atom is 0.224 e. The zero-order valence-corrected chi connectivity index (χ0v) is 14.3. The quantitative estimate of drug-likeness (QED) is 0.768. The van der Waals surface area contributed by atoms with Crippen molar-refractivity contribution in [3.05, 3.63) is 28.2 Å². The van der Waals surface area contributed by atoms with Gasteiger partial charge < -0.3 is 10.2 Å². The molecule has 20 heavy (non-hydrogen) atoms. The number of nitrogens with zero attached hydrogens (tertiary/aromatic N) is 1. The molecule has 1 rings (SSSR count). The van der Waals surface area contributed by atoms with Crippen LogP contribution < -0.4 is 5.32 Å². The minimum absolute atomic E-state index is 0.245. The second-order valence-corrected chi connectivity index (χ2v) is 5.88. The van der Waals surface area contributed by atoms with Crippen LogP contribution in [0.4, 0.5) is 5.69 Å². The third-order valence-corrected chi connectivity index (χ3v) is 4.06. The zero-order chi connectivity index (χ0) is 15.0. The molecule has 0 saturated carbocycles. The Labute approximate surface area is 130 Å². The van der Waals surface area contributed by atoms with E-state index < -0.39 is 0 Å². The van der Waals surface area contributed by atoms with Crippen molar-refractivity contribution in [1.29, 1.82) is 0 Å². The number of hydrogen-bond acceptors (Lipinski definition) is 2. The van der Waals surface area contributed by atoms with Crippen molar-refractivity contribution >= 4 is 27.5 Å². The third kappa shape index (κ3) is 5.53. The number of anilines is 1. The molecule has 0 unspecified atom stereocenters. The molecule has 0 atom stereocenters. The highest BCUT2D eigenvalue weighted by Crippen LogP contribution is 2.19. The Morgan fingerprint density at radius 2 is 1.90 bits per heavy atom. The van der Waals surface area contributed by atoms with Crippen molar-refractivity contribution in [1.82, 2.24) is 4.90 Å². The van der Waals surface area contributed by atoms with Crippen LogP contribution in [0.25, 0.3) is 0 Å². The number of rotatable bonds is 8. The normalized spacial score (nSPS) is 10.4. The summed E-state index contributed by atoms with van der Waals surface area (Å²) in [6.07, 6.45) is 2.59. The molecule has 0 saturated heterocycles. The first kappa shape index (κ1) is 17.0. The number of carbonyl (C=O) groups excluding carboxylic acids is 1. The Morgan fingerprint density at radius 1 is 1.25 bits per heavy atom. The van der Waals surface area contributed by atoms with Crippen LogP contribution in [0.3, 0.4) is 0 Å². The lowest BCUT2D eigenvalue weighted by Gasteiger charge is -2.21. The number of benzene rings is 1. The van der Waals surface area contributed by atoms with E-state index in [1.54, 1.807) is 0 Å². The van der Waals surface area contributed by atoms with Gasteiger partial charge in [-0.05, 0) is 43.5 Å². The fraction of sp³-hybridized carbons (Fsp3) is 0.562. The van der Waals surface area contributed by atoms with Gasteiger partial charge in [0.05, 0.1) is 0 Å². The first-order valence-electron chi connectivity index (χ1n) is 7.36. The molecule has 1 N–H and O–H groups in total. The summed E-state index contributed by atoms with van der Waals surface area (Å²) in [5, 5.41) is 3.31. The second kappa shape index (κ2) is 9.01. The fourth-order valence-corrected chi connectivity index (χ4v) is 2.37. The van der Waals surface area contributed by atoms with E-state index in [0.717, 1.165) is 36.1 Å². The van der Waals surface area contributed by atoms with Gasteiger partial charge in [0.15, 0.2) is 0 Å². The molecule has 0 bridgehead atoms. The van der Waals surface area contributed by atoms with Crippen molar-refractivity contribution in [2.24, 2.45) is 0 Å². The molecule has 4 heteroatoms.